The Kier molecular flexibility index (Phi) is 4.59. The van der Waals surface area contributed by atoms with Gasteiger partial charge in [-0.3, -0.25) is 9.78 Å². The highest BCUT2D eigenvalue weighted by Gasteiger charge is 2.08. The molecule has 0 spiro atoms. The van der Waals surface area contributed by atoms with Crippen molar-refractivity contribution in [2.45, 2.75) is 25.9 Å². The largest absolute Gasteiger partial charge is 0.370 e. The van der Waals surface area contributed by atoms with Crippen molar-refractivity contribution in [3.63, 3.8) is 0 Å². The van der Waals surface area contributed by atoms with E-state index in [0.717, 1.165) is 16.4 Å². The second-order valence-electron chi connectivity index (χ2n) is 4.31. The minimum atomic E-state index is -0.299. The fraction of sp³-hybridized carbons (Fsp3) is 0.308. The van der Waals surface area contributed by atoms with Gasteiger partial charge in [0.25, 0.3) is 0 Å². The highest BCUT2D eigenvalue weighted by molar-refractivity contribution is 7.13. The van der Waals surface area contributed by atoms with Crippen molar-refractivity contribution >= 4 is 17.2 Å². The average Bonchev–Trinajstić information content (AvgIpc) is 2.85. The number of aromatic nitrogens is 2. The maximum Gasteiger partial charge on any atom is 0.218 e. The summed E-state index contributed by atoms with van der Waals surface area (Å²) in [6.45, 7) is 2.55. The lowest BCUT2D eigenvalue weighted by Crippen LogP contribution is -2.30. The first-order chi connectivity index (χ1) is 9.15. The van der Waals surface area contributed by atoms with Crippen LogP contribution in [0.4, 0.5) is 0 Å². The van der Waals surface area contributed by atoms with E-state index in [1.807, 2.05) is 30.5 Å². The fourth-order valence-electron chi connectivity index (χ4n) is 1.65. The molecule has 1 amide bonds. The Labute approximate surface area is 115 Å². The van der Waals surface area contributed by atoms with E-state index in [4.69, 9.17) is 5.73 Å². The zero-order valence-corrected chi connectivity index (χ0v) is 11.5. The molecule has 2 rings (SSSR count). The summed E-state index contributed by atoms with van der Waals surface area (Å²) >= 11 is 1.56. The van der Waals surface area contributed by atoms with Gasteiger partial charge < -0.3 is 11.1 Å². The molecule has 0 aliphatic rings. The lowest BCUT2D eigenvalue weighted by atomic mass is 10.2. The molecule has 1 unspecified atom stereocenters. The summed E-state index contributed by atoms with van der Waals surface area (Å²) in [6, 6.07) is 5.81. The zero-order valence-electron chi connectivity index (χ0n) is 10.7. The van der Waals surface area contributed by atoms with Gasteiger partial charge in [0.2, 0.25) is 5.91 Å². The number of primary amides is 1. The van der Waals surface area contributed by atoms with Crippen molar-refractivity contribution in [1.29, 1.82) is 0 Å². The normalized spacial score (nSPS) is 12.3. The molecule has 2 heterocycles. The molecule has 2 aromatic rings. The third kappa shape index (κ3) is 4.11. The number of amides is 1. The number of hydrogen-bond acceptors (Lipinski definition) is 5. The van der Waals surface area contributed by atoms with E-state index >= 15 is 0 Å². The number of thiazole rings is 1. The SMILES string of the molecule is CC(CC(N)=O)NCc1csc(-c2ccccn2)n1. The first kappa shape index (κ1) is 13.6. The molecule has 0 bridgehead atoms. The number of rotatable bonds is 6. The number of nitrogens with zero attached hydrogens (tertiary/aromatic N) is 2. The van der Waals surface area contributed by atoms with Crippen LogP contribution in [0.5, 0.6) is 0 Å². The Morgan fingerprint density at radius 2 is 2.37 bits per heavy atom. The van der Waals surface area contributed by atoms with Crippen LogP contribution in [0.15, 0.2) is 29.8 Å². The summed E-state index contributed by atoms with van der Waals surface area (Å²) in [4.78, 5) is 19.5. The molecule has 19 heavy (non-hydrogen) atoms. The number of hydrogen-bond donors (Lipinski definition) is 2. The molecule has 0 aliphatic heterocycles. The van der Waals surface area contributed by atoms with Gasteiger partial charge in [0.05, 0.1) is 11.4 Å². The van der Waals surface area contributed by atoms with Gasteiger partial charge in [0.1, 0.15) is 5.01 Å². The quantitative estimate of drug-likeness (QED) is 0.839. The summed E-state index contributed by atoms with van der Waals surface area (Å²) < 4.78 is 0. The van der Waals surface area contributed by atoms with E-state index in [1.165, 1.54) is 0 Å². The van der Waals surface area contributed by atoms with Crippen LogP contribution >= 0.6 is 11.3 Å². The monoisotopic (exact) mass is 276 g/mol. The summed E-state index contributed by atoms with van der Waals surface area (Å²) in [7, 11) is 0. The third-order valence-electron chi connectivity index (χ3n) is 2.57. The average molecular weight is 276 g/mol. The fourth-order valence-corrected chi connectivity index (χ4v) is 2.44. The van der Waals surface area contributed by atoms with E-state index in [0.29, 0.717) is 13.0 Å². The van der Waals surface area contributed by atoms with E-state index < -0.39 is 0 Å². The minimum Gasteiger partial charge on any atom is -0.370 e. The first-order valence-corrected chi connectivity index (χ1v) is 6.90. The van der Waals surface area contributed by atoms with Gasteiger partial charge in [-0.1, -0.05) is 6.07 Å². The van der Waals surface area contributed by atoms with E-state index in [-0.39, 0.29) is 11.9 Å². The maximum absolute atomic E-state index is 10.8. The zero-order chi connectivity index (χ0) is 13.7. The molecule has 0 aromatic carbocycles. The molecule has 6 heteroatoms. The van der Waals surface area contributed by atoms with Crippen LogP contribution in [0.2, 0.25) is 0 Å². The predicted octanol–water partition coefficient (Wildman–Crippen LogP) is 1.56. The van der Waals surface area contributed by atoms with Crippen molar-refractivity contribution < 1.29 is 4.79 Å². The second-order valence-corrected chi connectivity index (χ2v) is 5.17. The molecule has 0 aliphatic carbocycles. The third-order valence-corrected chi connectivity index (χ3v) is 3.49. The van der Waals surface area contributed by atoms with E-state index in [1.54, 1.807) is 17.5 Å². The van der Waals surface area contributed by atoms with Crippen molar-refractivity contribution in [1.82, 2.24) is 15.3 Å². The number of nitrogens with one attached hydrogen (secondary N) is 1. The van der Waals surface area contributed by atoms with Gasteiger partial charge in [-0.15, -0.1) is 11.3 Å². The van der Waals surface area contributed by atoms with Crippen LogP contribution in [-0.4, -0.2) is 21.9 Å². The Morgan fingerprint density at radius 3 is 3.05 bits per heavy atom. The molecule has 1 atom stereocenters. The van der Waals surface area contributed by atoms with Crippen LogP contribution in [0, 0.1) is 0 Å². The van der Waals surface area contributed by atoms with Gasteiger partial charge in [0.15, 0.2) is 0 Å². The van der Waals surface area contributed by atoms with Crippen molar-refractivity contribution in [3.05, 3.63) is 35.5 Å². The summed E-state index contributed by atoms with van der Waals surface area (Å²) in [5.41, 5.74) is 6.97. The molecule has 5 nitrogen and oxygen atoms in total. The van der Waals surface area contributed by atoms with E-state index in [9.17, 15) is 4.79 Å². The van der Waals surface area contributed by atoms with Gasteiger partial charge in [-0.25, -0.2) is 4.98 Å². The molecule has 2 aromatic heterocycles. The molecule has 100 valence electrons. The molecular formula is C13H16N4OS. The molecular weight excluding hydrogens is 260 g/mol. The van der Waals surface area contributed by atoms with Gasteiger partial charge >= 0.3 is 0 Å². The first-order valence-electron chi connectivity index (χ1n) is 6.02. The number of nitrogens with two attached hydrogens (primary N) is 1. The van der Waals surface area contributed by atoms with Crippen LogP contribution in [0.3, 0.4) is 0 Å². The highest BCUT2D eigenvalue weighted by Crippen LogP contribution is 2.21. The number of carbonyl (C=O) groups is 1. The standard InChI is InChI=1S/C13H16N4OS/c1-9(6-12(14)18)16-7-10-8-19-13(17-10)11-4-2-3-5-15-11/h2-5,8-9,16H,6-7H2,1H3,(H2,14,18). The van der Waals surface area contributed by atoms with Gasteiger partial charge in [0, 0.05) is 30.6 Å². The summed E-state index contributed by atoms with van der Waals surface area (Å²) in [6.07, 6.45) is 2.08. The van der Waals surface area contributed by atoms with Gasteiger partial charge in [-0.2, -0.15) is 0 Å². The van der Waals surface area contributed by atoms with Gasteiger partial charge in [-0.05, 0) is 19.1 Å². The number of pyridine rings is 1. The smallest absolute Gasteiger partial charge is 0.218 e. The molecule has 0 radical (unpaired) electrons. The van der Waals surface area contributed by atoms with Crippen LogP contribution in [0.1, 0.15) is 19.0 Å². The Bertz CT molecular complexity index is 541. The van der Waals surface area contributed by atoms with Crippen molar-refractivity contribution in [2.24, 2.45) is 5.73 Å². The molecule has 3 N–H and O–H groups in total. The Hall–Kier alpha value is -1.79. The summed E-state index contributed by atoms with van der Waals surface area (Å²) in [5.74, 6) is -0.299. The molecule has 0 saturated carbocycles. The van der Waals surface area contributed by atoms with Crippen molar-refractivity contribution in [3.8, 4) is 10.7 Å². The van der Waals surface area contributed by atoms with Crippen LogP contribution in [-0.2, 0) is 11.3 Å². The maximum atomic E-state index is 10.8. The summed E-state index contributed by atoms with van der Waals surface area (Å²) in [5, 5.41) is 6.11. The van der Waals surface area contributed by atoms with Crippen LogP contribution in [0.25, 0.3) is 10.7 Å². The van der Waals surface area contributed by atoms with Crippen LogP contribution < -0.4 is 11.1 Å². The Balaban J connectivity index is 1.93. The Morgan fingerprint density at radius 1 is 1.53 bits per heavy atom. The topological polar surface area (TPSA) is 80.9 Å². The lowest BCUT2D eigenvalue weighted by molar-refractivity contribution is -0.118. The lowest BCUT2D eigenvalue weighted by Gasteiger charge is -2.09. The second kappa shape index (κ2) is 6.40. The molecule has 0 saturated heterocycles. The number of carbonyl (C=O) groups excluding carboxylic acids is 1. The van der Waals surface area contributed by atoms with Crippen molar-refractivity contribution in [2.75, 3.05) is 0 Å². The molecule has 0 fully saturated rings. The predicted molar refractivity (Wildman–Crippen MR) is 75.5 cm³/mol. The van der Waals surface area contributed by atoms with E-state index in [2.05, 4.69) is 15.3 Å². The minimum absolute atomic E-state index is 0.0532. The highest BCUT2D eigenvalue weighted by atomic mass is 32.1.